The molecule has 0 spiro atoms. The molecule has 3 heteroatoms. The number of hydrogen-bond acceptors (Lipinski definition) is 3. The van der Waals surface area contributed by atoms with E-state index in [1.807, 2.05) is 35.3 Å². The Morgan fingerprint density at radius 3 is 1.22 bits per heavy atom. The van der Waals surface area contributed by atoms with Crippen LogP contribution in [0.4, 0.5) is 0 Å². The molecule has 0 aliphatic heterocycles. The van der Waals surface area contributed by atoms with Gasteiger partial charge in [0.25, 0.3) is 0 Å². The molecule has 0 fully saturated rings. The Morgan fingerprint density at radius 2 is 0.913 bits per heavy atom. The minimum Gasteiger partial charge on any atom is -0.123 e. The van der Waals surface area contributed by atoms with Gasteiger partial charge in [-0.2, -0.15) is 0 Å². The van der Waals surface area contributed by atoms with Crippen LogP contribution in [0, 0.1) is 0 Å². The molecule has 0 saturated heterocycles. The van der Waals surface area contributed by atoms with E-state index in [9.17, 15) is 0 Å². The summed E-state index contributed by atoms with van der Waals surface area (Å²) in [4.78, 5) is 5.34. The average Bonchev–Trinajstić information content (AvgIpc) is 2.58. The molecule has 2 rings (SSSR count). The summed E-state index contributed by atoms with van der Waals surface area (Å²) >= 11 is 5.75. The van der Waals surface area contributed by atoms with Gasteiger partial charge >= 0.3 is 0 Å². The highest BCUT2D eigenvalue weighted by molar-refractivity contribution is 8.00. The third-order valence-corrected chi connectivity index (χ3v) is 7.28. The van der Waals surface area contributed by atoms with Crippen LogP contribution in [-0.2, 0) is 0 Å². The molecule has 0 aliphatic carbocycles. The minimum atomic E-state index is 0.684. The van der Waals surface area contributed by atoms with Crippen molar-refractivity contribution < 1.29 is 0 Å². The molecule has 0 nitrogen and oxygen atoms in total. The second-order valence-corrected chi connectivity index (χ2v) is 9.89. The van der Waals surface area contributed by atoms with Gasteiger partial charge in [-0.3, -0.25) is 0 Å². The van der Waals surface area contributed by atoms with Crippen molar-refractivity contribution in [3.63, 3.8) is 0 Å². The quantitative estimate of drug-likeness (QED) is 0.443. The van der Waals surface area contributed by atoms with Crippen LogP contribution in [0.2, 0.25) is 0 Å². The summed E-state index contributed by atoms with van der Waals surface area (Å²) in [5, 5.41) is 1.37. The lowest BCUT2D eigenvalue weighted by atomic mass is 10.4. The van der Waals surface area contributed by atoms with Gasteiger partial charge in [-0.1, -0.05) is 39.5 Å². The lowest BCUT2D eigenvalue weighted by molar-refractivity contribution is 0.905. The summed E-state index contributed by atoms with van der Waals surface area (Å²) in [5.41, 5.74) is 0. The molecule has 0 amide bonds. The van der Waals surface area contributed by atoms with Crippen molar-refractivity contribution in [2.24, 2.45) is 0 Å². The third kappa shape index (κ3) is 6.48. The first-order chi connectivity index (χ1) is 11.1. The Labute approximate surface area is 154 Å². The fourth-order valence-corrected chi connectivity index (χ4v) is 4.61. The summed E-state index contributed by atoms with van der Waals surface area (Å²) < 4.78 is 0. The van der Waals surface area contributed by atoms with Gasteiger partial charge in [0.05, 0.1) is 0 Å². The van der Waals surface area contributed by atoms with Crippen molar-refractivity contribution in [3.05, 3.63) is 48.5 Å². The predicted molar refractivity (Wildman–Crippen MR) is 108 cm³/mol. The van der Waals surface area contributed by atoms with Crippen LogP contribution in [0.5, 0.6) is 0 Å². The van der Waals surface area contributed by atoms with Gasteiger partial charge < -0.3 is 0 Å². The van der Waals surface area contributed by atoms with E-state index in [4.69, 9.17) is 0 Å². The van der Waals surface area contributed by atoms with Crippen LogP contribution in [-0.4, -0.2) is 10.5 Å². The monoisotopic (exact) mass is 362 g/mol. The van der Waals surface area contributed by atoms with Gasteiger partial charge in [-0.05, 0) is 61.4 Å². The zero-order valence-electron chi connectivity index (χ0n) is 14.4. The SMILES string of the molecule is CCC(C)Sc1ccc(Sc2ccc(SC(C)CC)cc2)cc1. The molecule has 0 bridgehead atoms. The minimum absolute atomic E-state index is 0.684. The van der Waals surface area contributed by atoms with Crippen LogP contribution in [0.1, 0.15) is 40.5 Å². The van der Waals surface area contributed by atoms with Crippen molar-refractivity contribution in [1.29, 1.82) is 0 Å². The Hall–Kier alpha value is -0.510. The summed E-state index contributed by atoms with van der Waals surface area (Å²) in [6.07, 6.45) is 2.42. The standard InChI is InChI=1S/C20H26S3/c1-5-15(3)21-17-7-11-19(12-8-17)23-20-13-9-18(10-14-20)22-16(4)6-2/h7-16H,5-6H2,1-4H3. The molecule has 23 heavy (non-hydrogen) atoms. The van der Waals surface area contributed by atoms with E-state index >= 15 is 0 Å². The number of rotatable bonds is 8. The summed E-state index contributed by atoms with van der Waals surface area (Å²) in [6, 6.07) is 17.9. The normalized spacial score (nSPS) is 13.7. The van der Waals surface area contributed by atoms with Gasteiger partial charge in [0.2, 0.25) is 0 Å². The molecular formula is C20H26S3. The molecule has 0 heterocycles. The van der Waals surface area contributed by atoms with E-state index < -0.39 is 0 Å². The number of thioether (sulfide) groups is 2. The van der Waals surface area contributed by atoms with Crippen molar-refractivity contribution >= 4 is 35.3 Å². The van der Waals surface area contributed by atoms with Crippen molar-refractivity contribution in [1.82, 2.24) is 0 Å². The third-order valence-electron chi connectivity index (χ3n) is 3.71. The van der Waals surface area contributed by atoms with Crippen LogP contribution in [0.3, 0.4) is 0 Å². The van der Waals surface area contributed by atoms with E-state index in [0.717, 1.165) is 0 Å². The van der Waals surface area contributed by atoms with Crippen LogP contribution >= 0.6 is 35.3 Å². The van der Waals surface area contributed by atoms with Crippen LogP contribution < -0.4 is 0 Å². The van der Waals surface area contributed by atoms with Gasteiger partial charge in [-0.15, -0.1) is 23.5 Å². The average molecular weight is 363 g/mol. The van der Waals surface area contributed by atoms with E-state index in [1.165, 1.54) is 32.4 Å². The molecule has 0 N–H and O–H groups in total. The van der Waals surface area contributed by atoms with Crippen molar-refractivity contribution in [3.8, 4) is 0 Å². The molecule has 0 saturated carbocycles. The molecule has 124 valence electrons. The number of hydrogen-bond donors (Lipinski definition) is 0. The first-order valence-electron chi connectivity index (χ1n) is 8.32. The van der Waals surface area contributed by atoms with Gasteiger partial charge in [0, 0.05) is 30.1 Å². The second-order valence-electron chi connectivity index (χ2n) is 5.72. The molecule has 0 radical (unpaired) electrons. The lowest BCUT2D eigenvalue weighted by Crippen LogP contribution is -1.91. The topological polar surface area (TPSA) is 0 Å². The summed E-state index contributed by atoms with van der Waals surface area (Å²) in [7, 11) is 0. The van der Waals surface area contributed by atoms with Gasteiger partial charge in [0.1, 0.15) is 0 Å². The molecule has 2 atom stereocenters. The first kappa shape index (κ1) is 18.8. The molecule has 2 aromatic rings. The lowest BCUT2D eigenvalue weighted by Gasteiger charge is -2.10. The summed E-state index contributed by atoms with van der Waals surface area (Å²) in [5.74, 6) is 0. The Bertz CT molecular complexity index is 521. The zero-order valence-corrected chi connectivity index (χ0v) is 16.9. The van der Waals surface area contributed by atoms with E-state index in [-0.39, 0.29) is 0 Å². The highest BCUT2D eigenvalue weighted by atomic mass is 32.2. The van der Waals surface area contributed by atoms with Gasteiger partial charge in [0.15, 0.2) is 0 Å². The highest BCUT2D eigenvalue weighted by Crippen LogP contribution is 2.33. The van der Waals surface area contributed by atoms with Gasteiger partial charge in [-0.25, -0.2) is 0 Å². The molecule has 0 aliphatic rings. The fourth-order valence-electron chi connectivity index (χ4n) is 1.94. The largest absolute Gasteiger partial charge is 0.123 e. The second kappa shape index (κ2) is 9.71. The number of benzene rings is 2. The maximum absolute atomic E-state index is 2.28. The molecule has 0 aromatic heterocycles. The Kier molecular flexibility index (Phi) is 7.94. The Morgan fingerprint density at radius 1 is 0.609 bits per heavy atom. The smallest absolute Gasteiger partial charge is 0.0123 e. The maximum atomic E-state index is 2.28. The zero-order chi connectivity index (χ0) is 16.7. The molecular weight excluding hydrogens is 336 g/mol. The van der Waals surface area contributed by atoms with E-state index in [1.54, 1.807) is 0 Å². The maximum Gasteiger partial charge on any atom is 0.0123 e. The van der Waals surface area contributed by atoms with E-state index in [2.05, 4.69) is 76.2 Å². The van der Waals surface area contributed by atoms with Crippen LogP contribution in [0.15, 0.2) is 68.1 Å². The Balaban J connectivity index is 1.94. The highest BCUT2D eigenvalue weighted by Gasteiger charge is 2.04. The van der Waals surface area contributed by atoms with Crippen LogP contribution in [0.25, 0.3) is 0 Å². The van der Waals surface area contributed by atoms with Crippen molar-refractivity contribution in [2.75, 3.05) is 0 Å². The first-order valence-corrected chi connectivity index (χ1v) is 10.9. The van der Waals surface area contributed by atoms with E-state index in [0.29, 0.717) is 10.5 Å². The predicted octanol–water partition coefficient (Wildman–Crippen LogP) is 7.62. The van der Waals surface area contributed by atoms with Crippen molar-refractivity contribution in [2.45, 2.75) is 70.6 Å². The molecule has 2 aromatic carbocycles. The molecule has 2 unspecified atom stereocenters. The summed E-state index contributed by atoms with van der Waals surface area (Å²) in [6.45, 7) is 9.05. The fraction of sp³-hybridized carbons (Fsp3) is 0.400.